The van der Waals surface area contributed by atoms with E-state index >= 15 is 0 Å². The summed E-state index contributed by atoms with van der Waals surface area (Å²) >= 11 is 6.04. The number of anilines is 1. The van der Waals surface area contributed by atoms with Crippen LogP contribution in [-0.2, 0) is 5.41 Å². The molecule has 3 heterocycles. The van der Waals surface area contributed by atoms with Crippen molar-refractivity contribution in [3.63, 3.8) is 0 Å². The maximum atomic E-state index is 6.04. The van der Waals surface area contributed by atoms with Gasteiger partial charge in [0.2, 0.25) is 0 Å². The van der Waals surface area contributed by atoms with E-state index in [2.05, 4.69) is 36.8 Å². The van der Waals surface area contributed by atoms with Gasteiger partial charge >= 0.3 is 0 Å². The summed E-state index contributed by atoms with van der Waals surface area (Å²) in [6, 6.07) is 10.1. The first-order valence-electron chi connectivity index (χ1n) is 8.84. The highest BCUT2D eigenvalue weighted by Gasteiger charge is 2.24. The molecule has 0 bridgehead atoms. The number of benzene rings is 1. The van der Waals surface area contributed by atoms with Gasteiger partial charge in [-0.3, -0.25) is 0 Å². The Kier molecular flexibility index (Phi) is 3.95. The molecule has 0 amide bonds. The van der Waals surface area contributed by atoms with Gasteiger partial charge in [0.25, 0.3) is 0 Å². The van der Waals surface area contributed by atoms with E-state index in [1.807, 2.05) is 35.0 Å². The number of halogens is 1. The van der Waals surface area contributed by atoms with Crippen LogP contribution in [0.3, 0.4) is 0 Å². The number of rotatable bonds is 2. The second kappa shape index (κ2) is 6.03. The zero-order valence-corrected chi connectivity index (χ0v) is 15.7. The predicted molar refractivity (Wildman–Crippen MR) is 104 cm³/mol. The lowest BCUT2D eigenvalue weighted by molar-refractivity contribution is 0.568. The number of fused-ring (bicyclic) bond motifs is 1. The standard InChI is InChI=1S/C20H23ClN4/c1-20(2,3)17-12-18(24-10-4-5-11-24)25-19(23-17)16(13-22-25)14-6-8-15(21)9-7-14/h6-9,12-13H,4-5,10-11H2,1-3H3. The first-order chi connectivity index (χ1) is 11.9. The largest absolute Gasteiger partial charge is 0.356 e. The van der Waals surface area contributed by atoms with E-state index in [-0.39, 0.29) is 5.41 Å². The molecule has 1 aliphatic heterocycles. The molecule has 3 aromatic rings. The lowest BCUT2D eigenvalue weighted by Crippen LogP contribution is -2.23. The van der Waals surface area contributed by atoms with Crippen LogP contribution in [0.1, 0.15) is 39.3 Å². The van der Waals surface area contributed by atoms with Crippen LogP contribution in [0.15, 0.2) is 36.5 Å². The summed E-state index contributed by atoms with van der Waals surface area (Å²) in [5, 5.41) is 5.40. The van der Waals surface area contributed by atoms with Crippen LogP contribution in [0.4, 0.5) is 5.82 Å². The first-order valence-corrected chi connectivity index (χ1v) is 9.21. The molecule has 0 atom stereocenters. The molecule has 0 saturated carbocycles. The molecule has 0 spiro atoms. The number of hydrogen-bond donors (Lipinski definition) is 0. The Labute approximate surface area is 153 Å². The van der Waals surface area contributed by atoms with Crippen molar-refractivity contribution in [1.29, 1.82) is 0 Å². The second-order valence-electron chi connectivity index (χ2n) is 7.74. The zero-order valence-electron chi connectivity index (χ0n) is 15.0. The molecule has 1 fully saturated rings. The molecule has 1 aliphatic rings. The fraction of sp³-hybridized carbons (Fsp3) is 0.400. The molecule has 2 aromatic heterocycles. The Morgan fingerprint density at radius 2 is 1.72 bits per heavy atom. The Balaban J connectivity index is 1.94. The highest BCUT2D eigenvalue weighted by molar-refractivity contribution is 6.30. The number of hydrogen-bond acceptors (Lipinski definition) is 3. The molecule has 1 saturated heterocycles. The molecule has 5 heteroatoms. The molecule has 1 aromatic carbocycles. The Bertz CT molecular complexity index is 900. The van der Waals surface area contributed by atoms with Crippen molar-refractivity contribution < 1.29 is 0 Å². The van der Waals surface area contributed by atoms with Gasteiger partial charge in [0.05, 0.1) is 11.9 Å². The van der Waals surface area contributed by atoms with Crippen molar-refractivity contribution in [2.24, 2.45) is 0 Å². The van der Waals surface area contributed by atoms with Crippen molar-refractivity contribution in [2.75, 3.05) is 18.0 Å². The average Bonchev–Trinajstić information content (AvgIpc) is 3.23. The van der Waals surface area contributed by atoms with Crippen molar-refractivity contribution in [2.45, 2.75) is 39.0 Å². The van der Waals surface area contributed by atoms with Crippen LogP contribution < -0.4 is 4.90 Å². The van der Waals surface area contributed by atoms with Gasteiger partial charge in [-0.25, -0.2) is 4.98 Å². The minimum absolute atomic E-state index is 0.0161. The van der Waals surface area contributed by atoms with Crippen LogP contribution in [0.2, 0.25) is 5.02 Å². The maximum Gasteiger partial charge on any atom is 0.165 e. The second-order valence-corrected chi connectivity index (χ2v) is 8.18. The summed E-state index contributed by atoms with van der Waals surface area (Å²) in [4.78, 5) is 7.40. The third kappa shape index (κ3) is 2.99. The normalized spacial score (nSPS) is 15.3. The fourth-order valence-corrected chi connectivity index (χ4v) is 3.46. The van der Waals surface area contributed by atoms with Crippen molar-refractivity contribution in [1.82, 2.24) is 14.6 Å². The van der Waals surface area contributed by atoms with Crippen LogP contribution in [-0.4, -0.2) is 27.7 Å². The number of nitrogens with zero attached hydrogens (tertiary/aromatic N) is 4. The molecule has 130 valence electrons. The van der Waals surface area contributed by atoms with E-state index in [0.29, 0.717) is 0 Å². The van der Waals surface area contributed by atoms with Crippen LogP contribution in [0.5, 0.6) is 0 Å². The molecular formula is C20H23ClN4. The van der Waals surface area contributed by atoms with Gasteiger partial charge in [-0.15, -0.1) is 0 Å². The fourth-order valence-electron chi connectivity index (χ4n) is 3.34. The predicted octanol–water partition coefficient (Wildman–Crippen LogP) is 4.95. The van der Waals surface area contributed by atoms with Gasteiger partial charge in [-0.1, -0.05) is 44.5 Å². The van der Waals surface area contributed by atoms with Gasteiger partial charge in [0.15, 0.2) is 5.65 Å². The van der Waals surface area contributed by atoms with Crippen LogP contribution in [0, 0.1) is 0 Å². The molecular weight excluding hydrogens is 332 g/mol. The van der Waals surface area contributed by atoms with Crippen molar-refractivity contribution in [3.8, 4) is 11.1 Å². The minimum Gasteiger partial charge on any atom is -0.356 e. The first kappa shape index (κ1) is 16.4. The summed E-state index contributed by atoms with van der Waals surface area (Å²) in [5.41, 5.74) is 4.13. The van der Waals surface area contributed by atoms with E-state index in [4.69, 9.17) is 16.6 Å². The molecule has 0 N–H and O–H groups in total. The number of aromatic nitrogens is 3. The van der Waals surface area contributed by atoms with Gasteiger partial charge < -0.3 is 4.90 Å². The SMILES string of the molecule is CC(C)(C)c1cc(N2CCCC2)n2ncc(-c3ccc(Cl)cc3)c2n1. The van der Waals surface area contributed by atoms with Crippen LogP contribution >= 0.6 is 11.6 Å². The lowest BCUT2D eigenvalue weighted by Gasteiger charge is -2.23. The Hall–Kier alpha value is -2.07. The van der Waals surface area contributed by atoms with Crippen molar-refractivity contribution in [3.05, 3.63) is 47.2 Å². The third-order valence-corrected chi connectivity index (χ3v) is 5.06. The van der Waals surface area contributed by atoms with Crippen LogP contribution in [0.25, 0.3) is 16.8 Å². The molecule has 0 unspecified atom stereocenters. The minimum atomic E-state index is -0.0161. The smallest absolute Gasteiger partial charge is 0.165 e. The van der Waals surface area contributed by atoms with Gasteiger partial charge in [0.1, 0.15) is 5.82 Å². The summed E-state index contributed by atoms with van der Waals surface area (Å²) in [6.45, 7) is 8.78. The molecule has 4 rings (SSSR count). The van der Waals surface area contributed by atoms with E-state index < -0.39 is 0 Å². The highest BCUT2D eigenvalue weighted by atomic mass is 35.5. The monoisotopic (exact) mass is 354 g/mol. The summed E-state index contributed by atoms with van der Waals surface area (Å²) in [6.07, 6.45) is 4.39. The molecule has 4 nitrogen and oxygen atoms in total. The average molecular weight is 355 g/mol. The zero-order chi connectivity index (χ0) is 17.6. The van der Waals surface area contributed by atoms with Gasteiger partial charge in [0, 0.05) is 35.2 Å². The molecule has 0 aliphatic carbocycles. The summed E-state index contributed by atoms with van der Waals surface area (Å²) in [5.74, 6) is 1.15. The van der Waals surface area contributed by atoms with Crippen molar-refractivity contribution >= 4 is 23.1 Å². The van der Waals surface area contributed by atoms with Gasteiger partial charge in [-0.2, -0.15) is 9.61 Å². The quantitative estimate of drug-likeness (QED) is 0.653. The molecule has 0 radical (unpaired) electrons. The third-order valence-electron chi connectivity index (χ3n) is 4.81. The summed E-state index contributed by atoms with van der Waals surface area (Å²) < 4.78 is 1.99. The van der Waals surface area contributed by atoms with E-state index in [9.17, 15) is 0 Å². The highest BCUT2D eigenvalue weighted by Crippen LogP contribution is 2.32. The van der Waals surface area contributed by atoms with E-state index in [1.165, 1.54) is 12.8 Å². The Morgan fingerprint density at radius 1 is 1.04 bits per heavy atom. The maximum absolute atomic E-state index is 6.04. The lowest BCUT2D eigenvalue weighted by atomic mass is 9.92. The van der Waals surface area contributed by atoms with E-state index in [1.54, 1.807) is 0 Å². The van der Waals surface area contributed by atoms with Gasteiger partial charge in [-0.05, 0) is 30.5 Å². The Morgan fingerprint density at radius 3 is 2.36 bits per heavy atom. The summed E-state index contributed by atoms with van der Waals surface area (Å²) in [7, 11) is 0. The topological polar surface area (TPSA) is 33.4 Å². The molecule has 25 heavy (non-hydrogen) atoms. The van der Waals surface area contributed by atoms with E-state index in [0.717, 1.165) is 46.4 Å².